The lowest BCUT2D eigenvalue weighted by molar-refractivity contribution is 0.251. The summed E-state index contributed by atoms with van der Waals surface area (Å²) in [6, 6.07) is 3.97. The number of aromatic nitrogens is 1. The number of allylic oxidation sites excluding steroid dienone is 1. The summed E-state index contributed by atoms with van der Waals surface area (Å²) >= 11 is 0. The minimum Gasteiger partial charge on any atom is -0.383 e. The van der Waals surface area contributed by atoms with E-state index in [1.807, 2.05) is 12.1 Å². The van der Waals surface area contributed by atoms with Crippen LogP contribution in [0.5, 0.6) is 0 Å². The van der Waals surface area contributed by atoms with Gasteiger partial charge < -0.3 is 10.6 Å². The van der Waals surface area contributed by atoms with Gasteiger partial charge in [-0.3, -0.25) is 5.32 Å². The molecule has 0 radical (unpaired) electrons. The Hall–Kier alpha value is -2.04. The summed E-state index contributed by atoms with van der Waals surface area (Å²) < 4.78 is 0. The van der Waals surface area contributed by atoms with E-state index in [1.165, 1.54) is 25.7 Å². The molecule has 2 amide bonds. The number of urea groups is 1. The average Bonchev–Trinajstić information content (AvgIpc) is 3.34. The SMILES string of the molecule is O=C(Nc1ccc(NCCC2=CCCCC2)cn1)NC1CC1. The summed E-state index contributed by atoms with van der Waals surface area (Å²) in [5, 5.41) is 9.01. The van der Waals surface area contributed by atoms with Crippen molar-refractivity contribution in [2.75, 3.05) is 17.2 Å². The van der Waals surface area contributed by atoms with Crippen molar-refractivity contribution in [3.05, 3.63) is 30.0 Å². The van der Waals surface area contributed by atoms with E-state index in [2.05, 4.69) is 27.0 Å². The molecule has 1 saturated carbocycles. The molecule has 118 valence electrons. The van der Waals surface area contributed by atoms with E-state index in [0.717, 1.165) is 31.5 Å². The first-order valence-corrected chi connectivity index (χ1v) is 8.25. The molecule has 1 aromatic heterocycles. The Balaban J connectivity index is 1.40. The van der Waals surface area contributed by atoms with Gasteiger partial charge in [0.2, 0.25) is 0 Å². The molecule has 1 aromatic rings. The van der Waals surface area contributed by atoms with Crippen molar-refractivity contribution in [3.8, 4) is 0 Å². The second-order valence-electron chi connectivity index (χ2n) is 6.09. The topological polar surface area (TPSA) is 66.0 Å². The van der Waals surface area contributed by atoms with Crippen molar-refractivity contribution in [2.24, 2.45) is 0 Å². The van der Waals surface area contributed by atoms with Crippen LogP contribution < -0.4 is 16.0 Å². The van der Waals surface area contributed by atoms with Crippen molar-refractivity contribution >= 4 is 17.5 Å². The van der Waals surface area contributed by atoms with Gasteiger partial charge in [-0.15, -0.1) is 0 Å². The third-order valence-corrected chi connectivity index (χ3v) is 4.08. The zero-order valence-electron chi connectivity index (χ0n) is 12.9. The van der Waals surface area contributed by atoms with Gasteiger partial charge in [0.25, 0.3) is 0 Å². The van der Waals surface area contributed by atoms with Crippen LogP contribution in [0.2, 0.25) is 0 Å². The normalized spacial score (nSPS) is 17.5. The second-order valence-corrected chi connectivity index (χ2v) is 6.09. The van der Waals surface area contributed by atoms with Crippen LogP contribution in [0.1, 0.15) is 44.9 Å². The van der Waals surface area contributed by atoms with Gasteiger partial charge in [-0.1, -0.05) is 11.6 Å². The van der Waals surface area contributed by atoms with E-state index in [1.54, 1.807) is 11.8 Å². The smallest absolute Gasteiger partial charge is 0.320 e. The van der Waals surface area contributed by atoms with Crippen molar-refractivity contribution < 1.29 is 4.79 Å². The largest absolute Gasteiger partial charge is 0.383 e. The summed E-state index contributed by atoms with van der Waals surface area (Å²) in [5.41, 5.74) is 2.56. The molecule has 3 N–H and O–H groups in total. The number of carbonyl (C=O) groups is 1. The monoisotopic (exact) mass is 300 g/mol. The predicted octanol–water partition coefficient (Wildman–Crippen LogP) is 3.67. The molecule has 0 aromatic carbocycles. The van der Waals surface area contributed by atoms with Gasteiger partial charge in [-0.05, 0) is 57.1 Å². The molecule has 0 unspecified atom stereocenters. The van der Waals surface area contributed by atoms with E-state index in [0.29, 0.717) is 11.9 Å². The van der Waals surface area contributed by atoms with Gasteiger partial charge in [0.05, 0.1) is 11.9 Å². The Labute approximate surface area is 131 Å². The number of pyridine rings is 1. The minimum atomic E-state index is -0.167. The first-order chi connectivity index (χ1) is 10.8. The highest BCUT2D eigenvalue weighted by Gasteiger charge is 2.23. The number of nitrogens with zero attached hydrogens (tertiary/aromatic N) is 1. The van der Waals surface area contributed by atoms with Crippen LogP contribution in [0.25, 0.3) is 0 Å². The molecule has 2 aliphatic rings. The number of anilines is 2. The number of amides is 2. The minimum absolute atomic E-state index is 0.167. The van der Waals surface area contributed by atoms with Crippen LogP contribution in [0, 0.1) is 0 Å². The Morgan fingerprint density at radius 1 is 1.27 bits per heavy atom. The van der Waals surface area contributed by atoms with Crippen LogP contribution in [0.4, 0.5) is 16.3 Å². The van der Waals surface area contributed by atoms with Crippen LogP contribution in [0.3, 0.4) is 0 Å². The Bertz CT molecular complexity index is 534. The summed E-state index contributed by atoms with van der Waals surface area (Å²) in [4.78, 5) is 15.9. The highest BCUT2D eigenvalue weighted by atomic mass is 16.2. The zero-order chi connectivity index (χ0) is 15.2. The summed E-state index contributed by atoms with van der Waals surface area (Å²) in [6.07, 6.45) is 12.6. The molecule has 22 heavy (non-hydrogen) atoms. The molecule has 0 atom stereocenters. The summed E-state index contributed by atoms with van der Waals surface area (Å²) in [7, 11) is 0. The third kappa shape index (κ3) is 4.76. The summed E-state index contributed by atoms with van der Waals surface area (Å²) in [6.45, 7) is 0.933. The average molecular weight is 300 g/mol. The predicted molar refractivity (Wildman–Crippen MR) is 89.1 cm³/mol. The second kappa shape index (κ2) is 7.29. The van der Waals surface area contributed by atoms with Crippen molar-refractivity contribution in [1.29, 1.82) is 0 Å². The quantitative estimate of drug-likeness (QED) is 0.702. The molecule has 2 aliphatic carbocycles. The maximum absolute atomic E-state index is 11.6. The fourth-order valence-corrected chi connectivity index (χ4v) is 2.64. The first-order valence-electron chi connectivity index (χ1n) is 8.25. The van der Waals surface area contributed by atoms with Crippen LogP contribution in [0.15, 0.2) is 30.0 Å². The van der Waals surface area contributed by atoms with Crippen molar-refractivity contribution in [2.45, 2.75) is 51.0 Å². The number of hydrogen-bond acceptors (Lipinski definition) is 3. The molecular formula is C17H24N4O. The van der Waals surface area contributed by atoms with Crippen LogP contribution >= 0.6 is 0 Å². The van der Waals surface area contributed by atoms with Gasteiger partial charge >= 0.3 is 6.03 Å². The maximum atomic E-state index is 11.6. The van der Waals surface area contributed by atoms with Crippen molar-refractivity contribution in [1.82, 2.24) is 10.3 Å². The van der Waals surface area contributed by atoms with Gasteiger partial charge in [-0.2, -0.15) is 0 Å². The first kappa shape index (κ1) is 14.9. The van der Waals surface area contributed by atoms with E-state index in [-0.39, 0.29) is 6.03 Å². The molecule has 3 rings (SSSR count). The van der Waals surface area contributed by atoms with Crippen LogP contribution in [-0.2, 0) is 0 Å². The molecule has 1 fully saturated rings. The molecule has 1 heterocycles. The van der Waals surface area contributed by atoms with E-state index >= 15 is 0 Å². The number of nitrogens with one attached hydrogen (secondary N) is 3. The fourth-order valence-electron chi connectivity index (χ4n) is 2.64. The Morgan fingerprint density at radius 2 is 2.18 bits per heavy atom. The van der Waals surface area contributed by atoms with E-state index in [9.17, 15) is 4.79 Å². The number of hydrogen-bond donors (Lipinski definition) is 3. The Kier molecular flexibility index (Phi) is 4.93. The molecule has 0 bridgehead atoms. The lowest BCUT2D eigenvalue weighted by Gasteiger charge is -2.13. The van der Waals surface area contributed by atoms with Crippen LogP contribution in [-0.4, -0.2) is 23.6 Å². The zero-order valence-corrected chi connectivity index (χ0v) is 12.9. The number of carbonyl (C=O) groups excluding carboxylic acids is 1. The van der Waals surface area contributed by atoms with E-state index in [4.69, 9.17) is 0 Å². The highest BCUT2D eigenvalue weighted by molar-refractivity contribution is 5.88. The highest BCUT2D eigenvalue weighted by Crippen LogP contribution is 2.20. The lowest BCUT2D eigenvalue weighted by Crippen LogP contribution is -2.30. The maximum Gasteiger partial charge on any atom is 0.320 e. The van der Waals surface area contributed by atoms with Gasteiger partial charge in [0.1, 0.15) is 5.82 Å². The van der Waals surface area contributed by atoms with Crippen molar-refractivity contribution in [3.63, 3.8) is 0 Å². The number of rotatable bonds is 6. The standard InChI is InChI=1S/C17H24N4O/c22-17(20-14-6-7-14)21-16-9-8-15(12-19-16)18-11-10-13-4-2-1-3-5-13/h4,8-9,12,14,18H,1-3,5-7,10-11H2,(H2,19,20,21,22). The molecular weight excluding hydrogens is 276 g/mol. The molecule has 0 saturated heterocycles. The van der Waals surface area contributed by atoms with Gasteiger partial charge in [-0.25, -0.2) is 9.78 Å². The summed E-state index contributed by atoms with van der Waals surface area (Å²) in [5.74, 6) is 0.582. The third-order valence-electron chi connectivity index (χ3n) is 4.08. The molecule has 5 nitrogen and oxygen atoms in total. The molecule has 0 aliphatic heterocycles. The van der Waals surface area contributed by atoms with Gasteiger partial charge in [0.15, 0.2) is 0 Å². The van der Waals surface area contributed by atoms with Gasteiger partial charge in [0, 0.05) is 12.6 Å². The fraction of sp³-hybridized carbons (Fsp3) is 0.529. The molecule has 5 heteroatoms. The molecule has 0 spiro atoms. The Morgan fingerprint density at radius 3 is 2.86 bits per heavy atom. The van der Waals surface area contributed by atoms with E-state index < -0.39 is 0 Å². The lowest BCUT2D eigenvalue weighted by atomic mass is 9.97.